The van der Waals surface area contributed by atoms with E-state index in [-0.39, 0.29) is 18.5 Å². The van der Waals surface area contributed by atoms with Crippen LogP contribution in [0.2, 0.25) is 0 Å². The Balaban J connectivity index is 2.09. The van der Waals surface area contributed by atoms with E-state index in [0.29, 0.717) is 6.54 Å². The van der Waals surface area contributed by atoms with Gasteiger partial charge in [0.05, 0.1) is 18.3 Å². The molecule has 1 heterocycles. The summed E-state index contributed by atoms with van der Waals surface area (Å²) < 4.78 is 0. The molecule has 2 N–H and O–H groups in total. The number of hydrogen-bond donors (Lipinski definition) is 2. The molecule has 0 spiro atoms. The number of aromatic nitrogens is 1. The molecule has 1 aromatic heterocycles. The van der Waals surface area contributed by atoms with Crippen molar-refractivity contribution in [3.05, 3.63) is 66.0 Å². The molecule has 0 aliphatic heterocycles. The SMILES string of the molecule is CCCNC(=O)CN[C@H](c1ccccc1)c1ccccn1. The summed E-state index contributed by atoms with van der Waals surface area (Å²) >= 11 is 0. The van der Waals surface area contributed by atoms with Crippen LogP contribution < -0.4 is 10.6 Å². The van der Waals surface area contributed by atoms with Crippen LogP contribution in [0.15, 0.2) is 54.7 Å². The van der Waals surface area contributed by atoms with Crippen molar-refractivity contribution >= 4 is 5.91 Å². The molecule has 0 saturated heterocycles. The average Bonchev–Trinajstić information content (AvgIpc) is 2.55. The molecule has 0 aliphatic carbocycles. The van der Waals surface area contributed by atoms with Crippen molar-refractivity contribution in [2.45, 2.75) is 19.4 Å². The van der Waals surface area contributed by atoms with Crippen LogP contribution in [-0.2, 0) is 4.79 Å². The van der Waals surface area contributed by atoms with Crippen LogP contribution in [0.4, 0.5) is 0 Å². The second-order valence-corrected chi connectivity index (χ2v) is 4.83. The van der Waals surface area contributed by atoms with Crippen LogP contribution in [-0.4, -0.2) is 24.0 Å². The van der Waals surface area contributed by atoms with E-state index >= 15 is 0 Å². The molecular weight excluding hydrogens is 262 g/mol. The van der Waals surface area contributed by atoms with Gasteiger partial charge >= 0.3 is 0 Å². The van der Waals surface area contributed by atoms with Gasteiger partial charge in [-0.15, -0.1) is 0 Å². The topological polar surface area (TPSA) is 54.0 Å². The standard InChI is InChI=1S/C17H21N3O/c1-2-11-19-16(21)13-20-17(14-8-4-3-5-9-14)15-10-6-7-12-18-15/h3-10,12,17,20H,2,11,13H2,1H3,(H,19,21)/t17-/m1/s1. The molecule has 4 nitrogen and oxygen atoms in total. The third kappa shape index (κ3) is 4.68. The summed E-state index contributed by atoms with van der Waals surface area (Å²) in [5.74, 6) is 0.00807. The highest BCUT2D eigenvalue weighted by molar-refractivity contribution is 5.78. The van der Waals surface area contributed by atoms with E-state index in [1.165, 1.54) is 0 Å². The lowest BCUT2D eigenvalue weighted by molar-refractivity contribution is -0.120. The molecule has 0 fully saturated rings. The first kappa shape index (κ1) is 15.2. The smallest absolute Gasteiger partial charge is 0.233 e. The van der Waals surface area contributed by atoms with Gasteiger partial charge in [-0.1, -0.05) is 43.3 Å². The number of hydrogen-bond acceptors (Lipinski definition) is 3. The minimum Gasteiger partial charge on any atom is -0.355 e. The van der Waals surface area contributed by atoms with Crippen LogP contribution >= 0.6 is 0 Å². The first-order valence-electron chi connectivity index (χ1n) is 7.27. The van der Waals surface area contributed by atoms with Crippen molar-refractivity contribution < 1.29 is 4.79 Å². The van der Waals surface area contributed by atoms with Crippen LogP contribution in [0.25, 0.3) is 0 Å². The maximum atomic E-state index is 11.8. The minimum atomic E-state index is -0.0835. The van der Waals surface area contributed by atoms with Gasteiger partial charge in [-0.2, -0.15) is 0 Å². The third-order valence-corrected chi connectivity index (χ3v) is 3.16. The summed E-state index contributed by atoms with van der Waals surface area (Å²) in [6.07, 6.45) is 2.71. The summed E-state index contributed by atoms with van der Waals surface area (Å²) in [7, 11) is 0. The van der Waals surface area contributed by atoms with E-state index < -0.39 is 0 Å². The summed E-state index contributed by atoms with van der Waals surface area (Å²) in [5.41, 5.74) is 2.01. The van der Waals surface area contributed by atoms with Gasteiger partial charge in [-0.3, -0.25) is 15.1 Å². The van der Waals surface area contributed by atoms with Crippen molar-refractivity contribution in [1.29, 1.82) is 0 Å². The number of amides is 1. The lowest BCUT2D eigenvalue weighted by atomic mass is 10.0. The first-order valence-corrected chi connectivity index (χ1v) is 7.27. The average molecular weight is 283 g/mol. The Bertz CT molecular complexity index is 503. The Kier molecular flexibility index (Phi) is 5.91. The van der Waals surface area contributed by atoms with Crippen LogP contribution in [0, 0.1) is 0 Å². The van der Waals surface area contributed by atoms with E-state index in [1.54, 1.807) is 6.20 Å². The predicted molar refractivity (Wildman–Crippen MR) is 83.8 cm³/mol. The van der Waals surface area contributed by atoms with E-state index in [0.717, 1.165) is 17.7 Å². The predicted octanol–water partition coefficient (Wildman–Crippen LogP) is 2.29. The van der Waals surface area contributed by atoms with Gasteiger partial charge < -0.3 is 5.32 Å². The molecule has 1 atom stereocenters. The lowest BCUT2D eigenvalue weighted by Gasteiger charge is -2.18. The fourth-order valence-electron chi connectivity index (χ4n) is 2.11. The van der Waals surface area contributed by atoms with E-state index in [1.807, 2.05) is 55.5 Å². The van der Waals surface area contributed by atoms with Crippen molar-refractivity contribution in [2.75, 3.05) is 13.1 Å². The number of nitrogens with one attached hydrogen (secondary N) is 2. The van der Waals surface area contributed by atoms with Crippen LogP contribution in [0.1, 0.15) is 30.6 Å². The van der Waals surface area contributed by atoms with Gasteiger partial charge in [0.25, 0.3) is 0 Å². The fourth-order valence-corrected chi connectivity index (χ4v) is 2.11. The number of rotatable bonds is 7. The molecule has 110 valence electrons. The van der Waals surface area contributed by atoms with Crippen molar-refractivity contribution in [3.8, 4) is 0 Å². The molecule has 0 radical (unpaired) electrons. The van der Waals surface area contributed by atoms with Crippen molar-refractivity contribution in [2.24, 2.45) is 0 Å². The van der Waals surface area contributed by atoms with Crippen LogP contribution in [0.3, 0.4) is 0 Å². The van der Waals surface area contributed by atoms with E-state index in [2.05, 4.69) is 15.6 Å². The number of carbonyl (C=O) groups excluding carboxylic acids is 1. The number of benzene rings is 1. The maximum Gasteiger partial charge on any atom is 0.233 e. The van der Waals surface area contributed by atoms with Gasteiger partial charge in [0.2, 0.25) is 5.91 Å². The molecule has 2 aromatic rings. The highest BCUT2D eigenvalue weighted by Crippen LogP contribution is 2.19. The molecule has 1 amide bonds. The largest absolute Gasteiger partial charge is 0.355 e. The Hall–Kier alpha value is -2.20. The highest BCUT2D eigenvalue weighted by Gasteiger charge is 2.15. The monoisotopic (exact) mass is 283 g/mol. The summed E-state index contributed by atoms with van der Waals surface area (Å²) in [6, 6.07) is 15.8. The van der Waals surface area contributed by atoms with Crippen molar-refractivity contribution in [1.82, 2.24) is 15.6 Å². The summed E-state index contributed by atoms with van der Waals surface area (Å²) in [6.45, 7) is 3.02. The molecule has 4 heteroatoms. The summed E-state index contributed by atoms with van der Waals surface area (Å²) in [4.78, 5) is 16.2. The maximum absolute atomic E-state index is 11.8. The zero-order chi connectivity index (χ0) is 14.9. The first-order chi connectivity index (χ1) is 10.3. The fraction of sp³-hybridized carbons (Fsp3) is 0.294. The van der Waals surface area contributed by atoms with Gasteiger partial charge in [0.1, 0.15) is 0 Å². The summed E-state index contributed by atoms with van der Waals surface area (Å²) in [5, 5.41) is 6.16. The zero-order valence-electron chi connectivity index (χ0n) is 12.3. The van der Waals surface area contributed by atoms with Gasteiger partial charge in [-0.25, -0.2) is 0 Å². The van der Waals surface area contributed by atoms with Gasteiger partial charge in [0.15, 0.2) is 0 Å². The molecule has 0 saturated carbocycles. The Labute approximate surface area is 125 Å². The molecule has 21 heavy (non-hydrogen) atoms. The highest BCUT2D eigenvalue weighted by atomic mass is 16.1. The zero-order valence-corrected chi connectivity index (χ0v) is 12.3. The molecular formula is C17H21N3O. The second-order valence-electron chi connectivity index (χ2n) is 4.83. The quantitative estimate of drug-likeness (QED) is 0.819. The minimum absolute atomic E-state index is 0.00807. The van der Waals surface area contributed by atoms with Gasteiger partial charge in [-0.05, 0) is 24.1 Å². The van der Waals surface area contributed by atoms with E-state index in [4.69, 9.17) is 0 Å². The number of nitrogens with zero attached hydrogens (tertiary/aromatic N) is 1. The third-order valence-electron chi connectivity index (χ3n) is 3.16. The number of carbonyl (C=O) groups is 1. The van der Waals surface area contributed by atoms with Gasteiger partial charge in [0, 0.05) is 12.7 Å². The van der Waals surface area contributed by atoms with Crippen LogP contribution in [0.5, 0.6) is 0 Å². The molecule has 0 unspecified atom stereocenters. The molecule has 0 aliphatic rings. The van der Waals surface area contributed by atoms with Crippen molar-refractivity contribution in [3.63, 3.8) is 0 Å². The normalized spacial score (nSPS) is 11.9. The number of pyridine rings is 1. The molecule has 0 bridgehead atoms. The Morgan fingerprint density at radius 2 is 1.90 bits per heavy atom. The lowest BCUT2D eigenvalue weighted by Crippen LogP contribution is -2.36. The molecule has 2 rings (SSSR count). The second kappa shape index (κ2) is 8.17. The Morgan fingerprint density at radius 3 is 2.57 bits per heavy atom. The Morgan fingerprint density at radius 1 is 1.14 bits per heavy atom. The van der Waals surface area contributed by atoms with E-state index in [9.17, 15) is 4.79 Å². The molecule has 1 aromatic carbocycles.